The summed E-state index contributed by atoms with van der Waals surface area (Å²) in [5, 5.41) is 1.45. The number of rotatable bonds is 6. The zero-order chi connectivity index (χ0) is 22.0. The van der Waals surface area contributed by atoms with Crippen molar-refractivity contribution in [2.75, 3.05) is 11.5 Å². The van der Waals surface area contributed by atoms with Gasteiger partial charge in [0.15, 0.2) is 11.7 Å². The quantitative estimate of drug-likeness (QED) is 0.334. The fourth-order valence-corrected chi connectivity index (χ4v) is 4.53. The Morgan fingerprint density at radius 3 is 2.65 bits per heavy atom. The van der Waals surface area contributed by atoms with Crippen molar-refractivity contribution < 1.29 is 9.53 Å². The predicted molar refractivity (Wildman–Crippen MR) is 126 cm³/mol. The molecule has 8 heteroatoms. The molecule has 31 heavy (non-hydrogen) atoms. The van der Waals surface area contributed by atoms with E-state index >= 15 is 0 Å². The van der Waals surface area contributed by atoms with Crippen molar-refractivity contribution in [2.24, 2.45) is 0 Å². The van der Waals surface area contributed by atoms with Crippen LogP contribution >= 0.6 is 34.5 Å². The van der Waals surface area contributed by atoms with Gasteiger partial charge in [0.1, 0.15) is 5.75 Å². The highest BCUT2D eigenvalue weighted by Crippen LogP contribution is 2.32. The van der Waals surface area contributed by atoms with E-state index < -0.39 is 0 Å². The molecule has 1 amide bonds. The van der Waals surface area contributed by atoms with Gasteiger partial charge in [0, 0.05) is 11.2 Å². The molecule has 4 aromatic rings. The molecule has 0 fully saturated rings. The fourth-order valence-electron chi connectivity index (χ4n) is 3.01. The number of hydrogen-bond acceptors (Lipinski definition) is 5. The van der Waals surface area contributed by atoms with Crippen molar-refractivity contribution in [3.63, 3.8) is 0 Å². The highest BCUT2D eigenvalue weighted by Gasteiger charge is 2.22. The number of amides is 1. The van der Waals surface area contributed by atoms with Gasteiger partial charge in [-0.25, -0.2) is 4.98 Å². The van der Waals surface area contributed by atoms with Crippen molar-refractivity contribution in [3.05, 3.63) is 81.6 Å². The molecule has 0 aliphatic carbocycles. The number of thiazole rings is 1. The van der Waals surface area contributed by atoms with Crippen LogP contribution < -0.4 is 9.64 Å². The van der Waals surface area contributed by atoms with Gasteiger partial charge >= 0.3 is 0 Å². The summed E-state index contributed by atoms with van der Waals surface area (Å²) in [6.07, 6.45) is 1.70. The molecule has 2 aromatic carbocycles. The van der Waals surface area contributed by atoms with Crippen LogP contribution in [0.1, 0.15) is 16.8 Å². The van der Waals surface area contributed by atoms with Crippen LogP contribution in [0.4, 0.5) is 5.13 Å². The molecule has 2 heterocycles. The molecule has 0 radical (unpaired) electrons. The highest BCUT2D eigenvalue weighted by molar-refractivity contribution is 7.22. The van der Waals surface area contributed by atoms with Crippen LogP contribution in [0.15, 0.2) is 54.7 Å². The second kappa shape index (κ2) is 9.22. The lowest BCUT2D eigenvalue weighted by Crippen LogP contribution is -2.34. The third-order valence-electron chi connectivity index (χ3n) is 4.82. The molecule has 2 aromatic heterocycles. The van der Waals surface area contributed by atoms with E-state index in [1.807, 2.05) is 31.2 Å². The number of carbonyl (C=O) groups excluding carboxylic acids is 1. The number of aromatic nitrogens is 2. The van der Waals surface area contributed by atoms with Crippen molar-refractivity contribution in [2.45, 2.75) is 20.4 Å². The zero-order valence-electron chi connectivity index (χ0n) is 16.9. The fraction of sp³-hybridized carbons (Fsp3) is 0.174. The van der Waals surface area contributed by atoms with Gasteiger partial charge in [0.2, 0.25) is 0 Å². The molecular formula is C23H19Cl2N3O2S. The number of benzene rings is 2. The topological polar surface area (TPSA) is 55.3 Å². The van der Waals surface area contributed by atoms with Crippen LogP contribution in [0.3, 0.4) is 0 Å². The molecule has 0 aliphatic rings. The lowest BCUT2D eigenvalue weighted by atomic mass is 10.1. The summed E-state index contributed by atoms with van der Waals surface area (Å²) in [7, 11) is 0. The summed E-state index contributed by atoms with van der Waals surface area (Å²) in [5.41, 5.74) is 3.97. The summed E-state index contributed by atoms with van der Waals surface area (Å²) in [5.74, 6) is 0.150. The Balaban J connectivity index is 1.63. The molecule has 0 saturated carbocycles. The Hall–Kier alpha value is -2.67. The number of nitrogens with zero attached hydrogens (tertiary/aromatic N) is 3. The van der Waals surface area contributed by atoms with Crippen molar-refractivity contribution in [1.29, 1.82) is 0 Å². The molecule has 0 saturated heterocycles. The van der Waals surface area contributed by atoms with Crippen molar-refractivity contribution >= 4 is 55.8 Å². The van der Waals surface area contributed by atoms with E-state index in [0.29, 0.717) is 20.9 Å². The molecule has 158 valence electrons. The third-order valence-corrected chi connectivity index (χ3v) is 6.39. The van der Waals surface area contributed by atoms with Crippen LogP contribution in [0.25, 0.3) is 10.2 Å². The number of carbonyl (C=O) groups is 1. The molecule has 0 aliphatic heterocycles. The van der Waals surface area contributed by atoms with E-state index in [0.717, 1.165) is 21.5 Å². The maximum atomic E-state index is 13.2. The summed E-state index contributed by atoms with van der Waals surface area (Å²) >= 11 is 13.6. The highest BCUT2D eigenvalue weighted by atomic mass is 35.5. The number of ether oxygens (including phenoxy) is 1. The zero-order valence-corrected chi connectivity index (χ0v) is 19.3. The molecule has 0 atom stereocenters. The molecule has 4 rings (SSSR count). The largest absolute Gasteiger partial charge is 0.482 e. The molecule has 5 nitrogen and oxygen atoms in total. The minimum absolute atomic E-state index is 0.192. The van der Waals surface area contributed by atoms with Crippen LogP contribution in [0.5, 0.6) is 5.75 Å². The first-order chi connectivity index (χ1) is 14.9. The SMILES string of the molecule is Cc1cc2nc(N(Cc3ccccn3)C(=O)COc3ccc(Cl)cc3Cl)sc2cc1C. The summed E-state index contributed by atoms with van der Waals surface area (Å²) < 4.78 is 6.71. The second-order valence-electron chi connectivity index (χ2n) is 7.07. The molecule has 0 spiro atoms. The smallest absolute Gasteiger partial charge is 0.267 e. The van der Waals surface area contributed by atoms with Gasteiger partial charge in [-0.15, -0.1) is 0 Å². The van der Waals surface area contributed by atoms with Gasteiger partial charge < -0.3 is 4.74 Å². The number of hydrogen-bond donors (Lipinski definition) is 0. The van der Waals surface area contributed by atoms with Crippen LogP contribution in [-0.4, -0.2) is 22.5 Å². The first kappa shape index (κ1) is 21.6. The van der Waals surface area contributed by atoms with Crippen molar-refractivity contribution in [3.8, 4) is 5.75 Å². The van der Waals surface area contributed by atoms with Crippen LogP contribution in [-0.2, 0) is 11.3 Å². The van der Waals surface area contributed by atoms with E-state index in [9.17, 15) is 4.79 Å². The lowest BCUT2D eigenvalue weighted by Gasteiger charge is -2.20. The number of halogens is 2. The van der Waals surface area contributed by atoms with Gasteiger partial charge in [-0.3, -0.25) is 14.7 Å². The molecule has 0 N–H and O–H groups in total. The Morgan fingerprint density at radius 1 is 1.10 bits per heavy atom. The van der Waals surface area contributed by atoms with Gasteiger partial charge in [-0.05, 0) is 67.4 Å². The predicted octanol–water partition coefficient (Wildman–Crippen LogP) is 6.23. The van der Waals surface area contributed by atoms with E-state index in [1.54, 1.807) is 29.3 Å². The van der Waals surface area contributed by atoms with E-state index in [4.69, 9.17) is 32.9 Å². The maximum absolute atomic E-state index is 13.2. The van der Waals surface area contributed by atoms with Gasteiger partial charge in [-0.2, -0.15) is 0 Å². The summed E-state index contributed by atoms with van der Waals surface area (Å²) in [6.45, 7) is 4.21. The van der Waals surface area contributed by atoms with Crippen molar-refractivity contribution in [1.82, 2.24) is 9.97 Å². The maximum Gasteiger partial charge on any atom is 0.267 e. The minimum Gasteiger partial charge on any atom is -0.482 e. The molecular weight excluding hydrogens is 453 g/mol. The third kappa shape index (κ3) is 4.98. The van der Waals surface area contributed by atoms with E-state index in [-0.39, 0.29) is 19.1 Å². The monoisotopic (exact) mass is 471 g/mol. The first-order valence-electron chi connectivity index (χ1n) is 9.56. The molecule has 0 bridgehead atoms. The average molecular weight is 472 g/mol. The Kier molecular flexibility index (Phi) is 6.41. The number of pyridine rings is 1. The van der Waals surface area contributed by atoms with Crippen LogP contribution in [0, 0.1) is 13.8 Å². The number of anilines is 1. The Labute approximate surface area is 194 Å². The standard InChI is InChI=1S/C23H19Cl2N3O2S/c1-14-9-19-21(10-15(14)2)31-23(27-19)28(12-17-5-3-4-8-26-17)22(29)13-30-20-7-6-16(24)11-18(20)25/h3-11H,12-13H2,1-2H3. The van der Waals surface area contributed by atoms with Gasteiger partial charge in [-0.1, -0.05) is 40.6 Å². The number of aryl methyl sites for hydroxylation is 2. The summed E-state index contributed by atoms with van der Waals surface area (Å²) in [4.78, 5) is 23.8. The first-order valence-corrected chi connectivity index (χ1v) is 11.1. The Bertz CT molecular complexity index is 1210. The minimum atomic E-state index is -0.246. The van der Waals surface area contributed by atoms with Gasteiger partial charge in [0.25, 0.3) is 5.91 Å². The molecule has 0 unspecified atom stereocenters. The number of fused-ring (bicyclic) bond motifs is 1. The van der Waals surface area contributed by atoms with Gasteiger partial charge in [0.05, 0.1) is 27.5 Å². The van der Waals surface area contributed by atoms with E-state index in [2.05, 4.69) is 18.0 Å². The normalized spacial score (nSPS) is 11.0. The van der Waals surface area contributed by atoms with E-state index in [1.165, 1.54) is 16.9 Å². The lowest BCUT2D eigenvalue weighted by molar-refractivity contribution is -0.120. The Morgan fingerprint density at radius 2 is 1.90 bits per heavy atom. The summed E-state index contributed by atoms with van der Waals surface area (Å²) in [6, 6.07) is 14.6. The average Bonchev–Trinajstić information content (AvgIpc) is 3.14. The van der Waals surface area contributed by atoms with Crippen LogP contribution in [0.2, 0.25) is 10.0 Å². The second-order valence-corrected chi connectivity index (χ2v) is 8.92.